The lowest BCUT2D eigenvalue weighted by molar-refractivity contribution is 0.0946. The molecule has 4 N–H and O–H groups in total. The average molecular weight is 260 g/mol. The standard InChI is InChI=1S/C13H16N4O2/c14-5-6-17-8-11(16-9-17)13(19)15-7-10-3-1-2-4-12(10)18/h1-4,8-9,18H,5-7,14H2,(H,15,19). The topological polar surface area (TPSA) is 93.2 Å². The van der Waals surface area contributed by atoms with Crippen LogP contribution in [0.4, 0.5) is 0 Å². The Bertz CT molecular complexity index is 565. The number of phenolic OH excluding ortho intramolecular Hbond substituents is 1. The Morgan fingerprint density at radius 1 is 1.42 bits per heavy atom. The summed E-state index contributed by atoms with van der Waals surface area (Å²) in [4.78, 5) is 15.8. The van der Waals surface area contributed by atoms with Gasteiger partial charge in [0.25, 0.3) is 5.91 Å². The van der Waals surface area contributed by atoms with Gasteiger partial charge < -0.3 is 20.7 Å². The number of nitrogens with two attached hydrogens (primary N) is 1. The summed E-state index contributed by atoms with van der Waals surface area (Å²) >= 11 is 0. The predicted octanol–water partition coefficient (Wildman–Crippen LogP) is 0.477. The summed E-state index contributed by atoms with van der Waals surface area (Å²) in [6, 6.07) is 6.87. The number of nitrogens with one attached hydrogen (secondary N) is 1. The zero-order chi connectivity index (χ0) is 13.7. The summed E-state index contributed by atoms with van der Waals surface area (Å²) in [5, 5.41) is 12.3. The van der Waals surface area contributed by atoms with Gasteiger partial charge in [-0.15, -0.1) is 0 Å². The highest BCUT2D eigenvalue weighted by Gasteiger charge is 2.09. The fraction of sp³-hybridized carbons (Fsp3) is 0.231. The molecule has 2 aromatic rings. The van der Waals surface area contributed by atoms with Crippen molar-refractivity contribution in [1.29, 1.82) is 0 Å². The largest absolute Gasteiger partial charge is 0.508 e. The van der Waals surface area contributed by atoms with Crippen LogP contribution in [-0.4, -0.2) is 27.1 Å². The van der Waals surface area contributed by atoms with Gasteiger partial charge in [-0.25, -0.2) is 4.98 Å². The highest BCUT2D eigenvalue weighted by atomic mass is 16.3. The van der Waals surface area contributed by atoms with Crippen LogP contribution in [0.1, 0.15) is 16.1 Å². The second-order valence-electron chi connectivity index (χ2n) is 4.10. The smallest absolute Gasteiger partial charge is 0.271 e. The van der Waals surface area contributed by atoms with Crippen LogP contribution in [0.15, 0.2) is 36.8 Å². The van der Waals surface area contributed by atoms with Crippen molar-refractivity contribution in [3.8, 4) is 5.75 Å². The van der Waals surface area contributed by atoms with E-state index >= 15 is 0 Å². The van der Waals surface area contributed by atoms with Crippen LogP contribution in [0.5, 0.6) is 5.75 Å². The van der Waals surface area contributed by atoms with Gasteiger partial charge >= 0.3 is 0 Å². The van der Waals surface area contributed by atoms with Crippen LogP contribution in [0.25, 0.3) is 0 Å². The molecule has 2 rings (SSSR count). The lowest BCUT2D eigenvalue weighted by atomic mass is 10.2. The summed E-state index contributed by atoms with van der Waals surface area (Å²) in [5.74, 6) is -0.115. The van der Waals surface area contributed by atoms with E-state index in [1.54, 1.807) is 41.4 Å². The van der Waals surface area contributed by atoms with Gasteiger partial charge in [-0.05, 0) is 6.07 Å². The maximum Gasteiger partial charge on any atom is 0.271 e. The molecule has 6 nitrogen and oxygen atoms in total. The fourth-order valence-electron chi connectivity index (χ4n) is 1.68. The Morgan fingerprint density at radius 2 is 2.21 bits per heavy atom. The number of hydrogen-bond donors (Lipinski definition) is 3. The summed E-state index contributed by atoms with van der Waals surface area (Å²) in [7, 11) is 0. The van der Waals surface area contributed by atoms with Crippen molar-refractivity contribution in [3.63, 3.8) is 0 Å². The lowest BCUT2D eigenvalue weighted by Gasteiger charge is -2.05. The molecule has 1 heterocycles. The van der Waals surface area contributed by atoms with Crippen LogP contribution in [0.2, 0.25) is 0 Å². The third-order valence-electron chi connectivity index (χ3n) is 2.68. The van der Waals surface area contributed by atoms with Gasteiger partial charge in [0.05, 0.1) is 6.33 Å². The van der Waals surface area contributed by atoms with Crippen molar-refractivity contribution in [2.45, 2.75) is 13.1 Å². The Balaban J connectivity index is 1.95. The van der Waals surface area contributed by atoms with Crippen LogP contribution in [-0.2, 0) is 13.1 Å². The second-order valence-corrected chi connectivity index (χ2v) is 4.10. The minimum atomic E-state index is -0.279. The quantitative estimate of drug-likeness (QED) is 0.729. The Hall–Kier alpha value is -2.34. The van der Waals surface area contributed by atoms with E-state index in [4.69, 9.17) is 5.73 Å². The number of phenols is 1. The number of nitrogens with zero attached hydrogens (tertiary/aromatic N) is 2. The average Bonchev–Trinajstić information content (AvgIpc) is 2.87. The molecule has 0 bridgehead atoms. The number of aromatic hydroxyl groups is 1. The summed E-state index contributed by atoms with van der Waals surface area (Å²) in [5.41, 5.74) is 6.42. The molecule has 1 aromatic heterocycles. The molecule has 1 amide bonds. The molecule has 0 radical (unpaired) electrons. The maximum atomic E-state index is 11.8. The van der Waals surface area contributed by atoms with Gasteiger partial charge in [0.2, 0.25) is 0 Å². The number of benzene rings is 1. The first-order valence-corrected chi connectivity index (χ1v) is 5.97. The molecular weight excluding hydrogens is 244 g/mol. The van der Waals surface area contributed by atoms with Gasteiger partial charge in [0, 0.05) is 31.4 Å². The molecule has 100 valence electrons. The number of amides is 1. The zero-order valence-electron chi connectivity index (χ0n) is 10.4. The number of imidazole rings is 1. The van der Waals surface area contributed by atoms with Crippen molar-refractivity contribution >= 4 is 5.91 Å². The third kappa shape index (κ3) is 3.32. The Morgan fingerprint density at radius 3 is 2.95 bits per heavy atom. The normalized spacial score (nSPS) is 10.4. The van der Waals surface area contributed by atoms with E-state index in [9.17, 15) is 9.90 Å². The summed E-state index contributed by atoms with van der Waals surface area (Å²) < 4.78 is 1.76. The number of rotatable bonds is 5. The van der Waals surface area contributed by atoms with E-state index in [1.165, 1.54) is 0 Å². The number of para-hydroxylation sites is 1. The maximum absolute atomic E-state index is 11.8. The van der Waals surface area contributed by atoms with Crippen LogP contribution in [0.3, 0.4) is 0 Å². The summed E-state index contributed by atoms with van der Waals surface area (Å²) in [6.07, 6.45) is 3.22. The number of carbonyl (C=O) groups excluding carboxylic acids is 1. The number of aromatic nitrogens is 2. The van der Waals surface area contributed by atoms with Crippen molar-refractivity contribution in [2.75, 3.05) is 6.54 Å². The first kappa shape index (κ1) is 13.1. The molecule has 0 spiro atoms. The molecule has 19 heavy (non-hydrogen) atoms. The van der Waals surface area contributed by atoms with Crippen molar-refractivity contribution in [2.24, 2.45) is 5.73 Å². The SMILES string of the molecule is NCCn1cnc(C(=O)NCc2ccccc2O)c1. The van der Waals surface area contributed by atoms with Gasteiger partial charge in [-0.1, -0.05) is 18.2 Å². The van der Waals surface area contributed by atoms with Crippen molar-refractivity contribution < 1.29 is 9.90 Å². The highest BCUT2D eigenvalue weighted by molar-refractivity contribution is 5.92. The van der Waals surface area contributed by atoms with E-state index in [1.807, 2.05) is 0 Å². The van der Waals surface area contributed by atoms with E-state index < -0.39 is 0 Å². The van der Waals surface area contributed by atoms with Gasteiger partial charge in [0.15, 0.2) is 0 Å². The molecule has 0 fully saturated rings. The molecule has 0 saturated heterocycles. The first-order valence-electron chi connectivity index (χ1n) is 5.97. The van der Waals surface area contributed by atoms with E-state index in [0.29, 0.717) is 24.3 Å². The van der Waals surface area contributed by atoms with E-state index in [2.05, 4.69) is 10.3 Å². The lowest BCUT2D eigenvalue weighted by Crippen LogP contribution is -2.23. The minimum Gasteiger partial charge on any atom is -0.508 e. The van der Waals surface area contributed by atoms with Crippen molar-refractivity contribution in [3.05, 3.63) is 48.0 Å². The zero-order valence-corrected chi connectivity index (χ0v) is 10.4. The van der Waals surface area contributed by atoms with Crippen LogP contribution >= 0.6 is 0 Å². The minimum absolute atomic E-state index is 0.163. The van der Waals surface area contributed by atoms with E-state index in [-0.39, 0.29) is 18.2 Å². The number of carbonyl (C=O) groups is 1. The Kier molecular flexibility index (Phi) is 4.15. The van der Waals surface area contributed by atoms with Gasteiger partial charge in [0.1, 0.15) is 11.4 Å². The van der Waals surface area contributed by atoms with Crippen LogP contribution in [0, 0.1) is 0 Å². The molecule has 0 aliphatic rings. The molecule has 1 aromatic carbocycles. The first-order chi connectivity index (χ1) is 9.20. The molecule has 0 aliphatic carbocycles. The van der Waals surface area contributed by atoms with E-state index in [0.717, 1.165) is 0 Å². The second kappa shape index (κ2) is 6.01. The molecular formula is C13H16N4O2. The van der Waals surface area contributed by atoms with Gasteiger partial charge in [-0.2, -0.15) is 0 Å². The number of hydrogen-bond acceptors (Lipinski definition) is 4. The highest BCUT2D eigenvalue weighted by Crippen LogP contribution is 2.14. The summed E-state index contributed by atoms with van der Waals surface area (Å²) in [6.45, 7) is 1.38. The predicted molar refractivity (Wildman–Crippen MR) is 70.6 cm³/mol. The molecule has 0 unspecified atom stereocenters. The third-order valence-corrected chi connectivity index (χ3v) is 2.68. The fourth-order valence-corrected chi connectivity index (χ4v) is 1.68. The van der Waals surface area contributed by atoms with Gasteiger partial charge in [-0.3, -0.25) is 4.79 Å². The van der Waals surface area contributed by atoms with Crippen molar-refractivity contribution in [1.82, 2.24) is 14.9 Å². The monoisotopic (exact) mass is 260 g/mol. The van der Waals surface area contributed by atoms with Crippen LogP contribution < -0.4 is 11.1 Å². The molecule has 0 atom stereocenters. The molecule has 6 heteroatoms. The molecule has 0 saturated carbocycles. The Labute approximate surface area is 110 Å². The molecule has 0 aliphatic heterocycles.